The van der Waals surface area contributed by atoms with Crippen molar-refractivity contribution < 1.29 is 8.76 Å². The molecule has 7 heteroatoms. The van der Waals surface area contributed by atoms with Crippen LogP contribution in [0, 0.1) is 11.3 Å². The number of fused-ring (bicyclic) bond motifs is 1. The summed E-state index contributed by atoms with van der Waals surface area (Å²) in [7, 11) is 0. The predicted octanol–water partition coefficient (Wildman–Crippen LogP) is 0.182. The third kappa shape index (κ3) is 1.26. The second-order valence-electron chi connectivity index (χ2n) is 2.48. The number of nitrogens with zero attached hydrogens (tertiary/aromatic N) is 4. The predicted molar refractivity (Wildman–Crippen MR) is 46.7 cm³/mol. The number of hydrogen-bond acceptors (Lipinski definition) is 4. The number of hydrogen-bond donors (Lipinski definition) is 1. The van der Waals surface area contributed by atoms with Crippen molar-refractivity contribution in [3.8, 4) is 6.07 Å². The minimum Gasteiger partial charge on any atom is -0.302 e. The Morgan fingerprint density at radius 1 is 1.57 bits per heavy atom. The molecule has 2 rings (SSSR count). The highest BCUT2D eigenvalue weighted by atomic mass is 32.2. The zero-order valence-corrected chi connectivity index (χ0v) is 7.60. The Hall–Kier alpha value is -1.78. The zero-order valence-electron chi connectivity index (χ0n) is 6.78. The highest BCUT2D eigenvalue weighted by Gasteiger charge is 2.07. The molecule has 6 nitrogen and oxygen atoms in total. The van der Waals surface area contributed by atoms with Crippen molar-refractivity contribution >= 4 is 16.7 Å². The molecule has 0 aliphatic heterocycles. The third-order valence-corrected chi connectivity index (χ3v) is 2.27. The van der Waals surface area contributed by atoms with Gasteiger partial charge < -0.3 is 4.55 Å². The monoisotopic (exact) mass is 208 g/mol. The summed E-state index contributed by atoms with van der Waals surface area (Å²) < 4.78 is 20.8. The van der Waals surface area contributed by atoms with Crippen molar-refractivity contribution in [2.45, 2.75) is 4.90 Å². The molecule has 0 bridgehead atoms. The van der Waals surface area contributed by atoms with E-state index in [1.165, 1.54) is 23.1 Å². The number of rotatable bonds is 1. The van der Waals surface area contributed by atoms with Crippen LogP contribution in [-0.4, -0.2) is 23.4 Å². The molecule has 0 spiro atoms. The van der Waals surface area contributed by atoms with Gasteiger partial charge in [-0.05, 0) is 0 Å². The third-order valence-electron chi connectivity index (χ3n) is 1.65. The van der Waals surface area contributed by atoms with Gasteiger partial charge in [-0.2, -0.15) is 10.4 Å². The smallest absolute Gasteiger partial charge is 0.189 e. The van der Waals surface area contributed by atoms with Gasteiger partial charge in [0, 0.05) is 6.20 Å². The molecule has 0 saturated carbocycles. The molecule has 70 valence electrons. The standard InChI is InChI=1S/C7H4N4O2S/c8-1-5-2-10-11-4-6(14(12)13)3-9-7(5)11/h2-4H,(H,12,13). The van der Waals surface area contributed by atoms with E-state index in [9.17, 15) is 4.21 Å². The fourth-order valence-corrected chi connectivity index (χ4v) is 1.36. The summed E-state index contributed by atoms with van der Waals surface area (Å²) in [5.74, 6) is 0. The van der Waals surface area contributed by atoms with Crippen LogP contribution in [-0.2, 0) is 11.1 Å². The van der Waals surface area contributed by atoms with Crippen LogP contribution >= 0.6 is 0 Å². The van der Waals surface area contributed by atoms with E-state index < -0.39 is 11.1 Å². The summed E-state index contributed by atoms with van der Waals surface area (Å²) in [5, 5.41) is 12.5. The van der Waals surface area contributed by atoms with Crippen LogP contribution < -0.4 is 0 Å². The molecule has 0 fully saturated rings. The summed E-state index contributed by atoms with van der Waals surface area (Å²) in [4.78, 5) is 4.00. The Labute approximate surface area is 81.1 Å². The van der Waals surface area contributed by atoms with Crippen molar-refractivity contribution in [2.24, 2.45) is 0 Å². The lowest BCUT2D eigenvalue weighted by molar-refractivity contribution is 0.563. The number of nitriles is 1. The van der Waals surface area contributed by atoms with Crippen LogP contribution in [0.4, 0.5) is 0 Å². The van der Waals surface area contributed by atoms with E-state index >= 15 is 0 Å². The van der Waals surface area contributed by atoms with Crippen LogP contribution in [0.2, 0.25) is 0 Å². The molecule has 0 aliphatic rings. The van der Waals surface area contributed by atoms with E-state index in [0.717, 1.165) is 0 Å². The summed E-state index contributed by atoms with van der Waals surface area (Å²) in [6, 6.07) is 1.91. The summed E-state index contributed by atoms with van der Waals surface area (Å²) in [6.07, 6.45) is 3.96. The molecule has 0 aromatic carbocycles. The molecule has 0 saturated heterocycles. The van der Waals surface area contributed by atoms with Gasteiger partial charge in [0.1, 0.15) is 16.5 Å². The van der Waals surface area contributed by atoms with Gasteiger partial charge >= 0.3 is 0 Å². The first-order valence-electron chi connectivity index (χ1n) is 3.56. The van der Waals surface area contributed by atoms with Crippen LogP contribution in [0.25, 0.3) is 5.65 Å². The molecule has 1 atom stereocenters. The van der Waals surface area contributed by atoms with Gasteiger partial charge in [-0.15, -0.1) is 0 Å². The molecule has 0 amide bonds. The van der Waals surface area contributed by atoms with Crippen LogP contribution in [0.5, 0.6) is 0 Å². The lowest BCUT2D eigenvalue weighted by Gasteiger charge is -1.95. The first kappa shape index (κ1) is 8.80. The second kappa shape index (κ2) is 3.17. The molecule has 0 radical (unpaired) electrons. The Bertz CT molecular complexity index is 556. The average molecular weight is 208 g/mol. The van der Waals surface area contributed by atoms with E-state index in [0.29, 0.717) is 11.2 Å². The topological polar surface area (TPSA) is 91.3 Å². The molecule has 14 heavy (non-hydrogen) atoms. The highest BCUT2D eigenvalue weighted by Crippen LogP contribution is 2.08. The van der Waals surface area contributed by atoms with E-state index in [1.54, 1.807) is 0 Å². The maximum absolute atomic E-state index is 10.7. The van der Waals surface area contributed by atoms with Crippen LogP contribution in [0.1, 0.15) is 5.56 Å². The molecule has 2 aromatic rings. The van der Waals surface area contributed by atoms with Gasteiger partial charge in [0.15, 0.2) is 16.7 Å². The Kier molecular flexibility index (Phi) is 1.99. The largest absolute Gasteiger partial charge is 0.302 e. The first-order valence-corrected chi connectivity index (χ1v) is 4.67. The Morgan fingerprint density at radius 2 is 2.36 bits per heavy atom. The van der Waals surface area contributed by atoms with Gasteiger partial charge in [-0.1, -0.05) is 0 Å². The molecule has 2 heterocycles. The lowest BCUT2D eigenvalue weighted by Crippen LogP contribution is -1.96. The maximum Gasteiger partial charge on any atom is 0.189 e. The molecular weight excluding hydrogens is 204 g/mol. The van der Waals surface area contributed by atoms with Crippen LogP contribution in [0.3, 0.4) is 0 Å². The quantitative estimate of drug-likeness (QED) is 0.675. The summed E-state index contributed by atoms with van der Waals surface area (Å²) in [6.45, 7) is 0. The van der Waals surface area contributed by atoms with Crippen molar-refractivity contribution in [3.63, 3.8) is 0 Å². The maximum atomic E-state index is 10.7. The van der Waals surface area contributed by atoms with Gasteiger partial charge in [0.05, 0.1) is 12.4 Å². The number of aromatic nitrogens is 3. The normalized spacial score (nSPS) is 12.6. The molecule has 2 aromatic heterocycles. The van der Waals surface area contributed by atoms with E-state index in [1.807, 2.05) is 6.07 Å². The lowest BCUT2D eigenvalue weighted by atomic mass is 10.4. The summed E-state index contributed by atoms with van der Waals surface area (Å²) >= 11 is -2.08. The SMILES string of the molecule is N#Cc1cnn2cc(S(=O)O)cnc12. The van der Waals surface area contributed by atoms with Crippen molar-refractivity contribution in [1.82, 2.24) is 14.6 Å². The average Bonchev–Trinajstić information content (AvgIpc) is 2.59. The van der Waals surface area contributed by atoms with Crippen molar-refractivity contribution in [2.75, 3.05) is 0 Å². The van der Waals surface area contributed by atoms with Gasteiger partial charge in [-0.3, -0.25) is 0 Å². The molecular formula is C7H4N4O2S. The van der Waals surface area contributed by atoms with Gasteiger partial charge in [-0.25, -0.2) is 13.7 Å². The van der Waals surface area contributed by atoms with Gasteiger partial charge in [0.25, 0.3) is 0 Å². The highest BCUT2D eigenvalue weighted by molar-refractivity contribution is 7.79. The van der Waals surface area contributed by atoms with Crippen molar-refractivity contribution in [1.29, 1.82) is 5.26 Å². The van der Waals surface area contributed by atoms with Crippen LogP contribution in [0.15, 0.2) is 23.5 Å². The molecule has 1 N–H and O–H groups in total. The van der Waals surface area contributed by atoms with Crippen molar-refractivity contribution in [3.05, 3.63) is 24.2 Å². The second-order valence-corrected chi connectivity index (χ2v) is 3.45. The summed E-state index contributed by atoms with van der Waals surface area (Å²) in [5.41, 5.74) is 0.710. The Balaban J connectivity index is 2.70. The van der Waals surface area contributed by atoms with E-state index in [-0.39, 0.29) is 4.90 Å². The van der Waals surface area contributed by atoms with Gasteiger partial charge in [0.2, 0.25) is 0 Å². The minimum atomic E-state index is -2.08. The van der Waals surface area contributed by atoms with E-state index in [2.05, 4.69) is 10.1 Å². The fraction of sp³-hybridized carbons (Fsp3) is 0. The first-order chi connectivity index (χ1) is 6.72. The molecule has 1 unspecified atom stereocenters. The fourth-order valence-electron chi connectivity index (χ4n) is 1.03. The molecule has 0 aliphatic carbocycles. The zero-order chi connectivity index (χ0) is 10.1. The van der Waals surface area contributed by atoms with E-state index in [4.69, 9.17) is 9.81 Å². The Morgan fingerprint density at radius 3 is 3.00 bits per heavy atom. The minimum absolute atomic E-state index is 0.144.